The van der Waals surface area contributed by atoms with Crippen LogP contribution in [-0.2, 0) is 0 Å². The molecule has 0 amide bonds. The van der Waals surface area contributed by atoms with Gasteiger partial charge in [0.2, 0.25) is 5.67 Å². The SMILES string of the molecule is NCCC(F)(C1CC1)C(F)(F)F. The average Bonchev–Trinajstić information content (AvgIpc) is 2.65. The first-order valence-electron chi connectivity index (χ1n) is 3.87. The molecule has 2 N–H and O–H groups in total. The van der Waals surface area contributed by atoms with Crippen LogP contribution in [0, 0.1) is 5.92 Å². The first-order valence-corrected chi connectivity index (χ1v) is 3.87. The van der Waals surface area contributed by atoms with Gasteiger partial charge in [-0.2, -0.15) is 13.2 Å². The highest BCUT2D eigenvalue weighted by Gasteiger charge is 2.62. The fourth-order valence-corrected chi connectivity index (χ4v) is 1.33. The van der Waals surface area contributed by atoms with E-state index in [2.05, 4.69) is 0 Å². The molecule has 0 bridgehead atoms. The Kier molecular flexibility index (Phi) is 2.33. The van der Waals surface area contributed by atoms with Crippen molar-refractivity contribution in [1.29, 1.82) is 0 Å². The van der Waals surface area contributed by atoms with Gasteiger partial charge in [0.05, 0.1) is 0 Å². The summed E-state index contributed by atoms with van der Waals surface area (Å²) in [7, 11) is 0. The molecule has 1 rings (SSSR count). The first-order chi connectivity index (χ1) is 5.42. The van der Waals surface area contributed by atoms with E-state index >= 15 is 0 Å². The van der Waals surface area contributed by atoms with Crippen LogP contribution in [0.15, 0.2) is 0 Å². The summed E-state index contributed by atoms with van der Waals surface area (Å²) < 4.78 is 49.7. The van der Waals surface area contributed by atoms with Gasteiger partial charge < -0.3 is 5.73 Å². The van der Waals surface area contributed by atoms with Crippen LogP contribution in [0.1, 0.15) is 19.3 Å². The van der Waals surface area contributed by atoms with Gasteiger partial charge in [-0.25, -0.2) is 4.39 Å². The Labute approximate surface area is 67.9 Å². The number of nitrogens with two attached hydrogens (primary N) is 1. The molecular weight excluding hydrogens is 174 g/mol. The van der Waals surface area contributed by atoms with Gasteiger partial charge in [0.1, 0.15) is 0 Å². The van der Waals surface area contributed by atoms with Crippen LogP contribution in [0.2, 0.25) is 0 Å². The van der Waals surface area contributed by atoms with E-state index in [0.717, 1.165) is 0 Å². The van der Waals surface area contributed by atoms with Crippen LogP contribution in [0.4, 0.5) is 17.6 Å². The van der Waals surface area contributed by atoms with Crippen molar-refractivity contribution in [2.45, 2.75) is 31.1 Å². The van der Waals surface area contributed by atoms with E-state index in [0.29, 0.717) is 12.8 Å². The molecular formula is C7H11F4N. The van der Waals surface area contributed by atoms with Gasteiger partial charge in [0, 0.05) is 12.3 Å². The standard InChI is InChI=1S/C7H11F4N/c8-6(3-4-12,5-1-2-5)7(9,10)11/h5H,1-4,12H2. The Morgan fingerprint density at radius 3 is 1.92 bits per heavy atom. The Hall–Kier alpha value is -0.320. The number of rotatable bonds is 3. The Bertz CT molecular complexity index is 163. The Morgan fingerprint density at radius 2 is 1.67 bits per heavy atom. The van der Waals surface area contributed by atoms with Gasteiger partial charge in [-0.15, -0.1) is 0 Å². The molecule has 0 aliphatic heterocycles. The second-order valence-corrected chi connectivity index (χ2v) is 3.17. The van der Waals surface area contributed by atoms with Crippen molar-refractivity contribution in [3.8, 4) is 0 Å². The lowest BCUT2D eigenvalue weighted by Crippen LogP contribution is -2.44. The predicted molar refractivity (Wildman–Crippen MR) is 36.3 cm³/mol. The molecule has 0 saturated heterocycles. The topological polar surface area (TPSA) is 26.0 Å². The summed E-state index contributed by atoms with van der Waals surface area (Å²) >= 11 is 0. The largest absolute Gasteiger partial charge is 0.422 e. The zero-order chi connectivity index (χ0) is 9.41. The molecule has 12 heavy (non-hydrogen) atoms. The van der Waals surface area contributed by atoms with Gasteiger partial charge in [0.15, 0.2) is 0 Å². The van der Waals surface area contributed by atoms with Crippen molar-refractivity contribution >= 4 is 0 Å². The summed E-state index contributed by atoms with van der Waals surface area (Å²) in [6, 6.07) is 0. The van der Waals surface area contributed by atoms with Crippen molar-refractivity contribution in [2.24, 2.45) is 11.7 Å². The first kappa shape index (κ1) is 9.77. The van der Waals surface area contributed by atoms with Gasteiger partial charge in [-0.05, 0) is 19.4 Å². The highest BCUT2D eigenvalue weighted by molar-refractivity contribution is 5.00. The predicted octanol–water partition coefficient (Wildman–Crippen LogP) is 2.02. The molecule has 1 unspecified atom stereocenters. The highest BCUT2D eigenvalue weighted by Crippen LogP contribution is 2.52. The fourth-order valence-electron chi connectivity index (χ4n) is 1.33. The summed E-state index contributed by atoms with van der Waals surface area (Å²) in [6.45, 7) is -0.257. The number of hydrogen-bond donors (Lipinski definition) is 1. The van der Waals surface area contributed by atoms with Crippen molar-refractivity contribution in [3.05, 3.63) is 0 Å². The molecule has 0 aromatic carbocycles. The lowest BCUT2D eigenvalue weighted by molar-refractivity contribution is -0.239. The van der Waals surface area contributed by atoms with Crippen molar-refractivity contribution in [2.75, 3.05) is 6.54 Å². The Morgan fingerprint density at radius 1 is 1.17 bits per heavy atom. The van der Waals surface area contributed by atoms with E-state index in [1.165, 1.54) is 0 Å². The zero-order valence-corrected chi connectivity index (χ0v) is 6.49. The Balaban J connectivity index is 2.70. The molecule has 0 spiro atoms. The minimum Gasteiger partial charge on any atom is -0.330 e. The lowest BCUT2D eigenvalue weighted by Gasteiger charge is -2.27. The van der Waals surface area contributed by atoms with Crippen LogP contribution in [0.3, 0.4) is 0 Å². The maximum Gasteiger partial charge on any atom is 0.422 e. The number of alkyl halides is 4. The van der Waals surface area contributed by atoms with E-state index in [1.807, 2.05) is 0 Å². The van der Waals surface area contributed by atoms with Crippen LogP contribution in [0.5, 0.6) is 0 Å². The summed E-state index contributed by atoms with van der Waals surface area (Å²) in [5.74, 6) is -0.846. The molecule has 0 aromatic heterocycles. The van der Waals surface area contributed by atoms with Crippen molar-refractivity contribution in [1.82, 2.24) is 0 Å². The molecule has 1 aliphatic carbocycles. The van der Waals surface area contributed by atoms with Gasteiger partial charge >= 0.3 is 6.18 Å². The highest BCUT2D eigenvalue weighted by atomic mass is 19.4. The second kappa shape index (κ2) is 2.87. The smallest absolute Gasteiger partial charge is 0.330 e. The van der Waals surface area contributed by atoms with E-state index in [9.17, 15) is 17.6 Å². The van der Waals surface area contributed by atoms with Crippen LogP contribution >= 0.6 is 0 Å². The molecule has 0 heterocycles. The molecule has 5 heteroatoms. The maximum atomic E-state index is 13.3. The molecule has 0 radical (unpaired) electrons. The quantitative estimate of drug-likeness (QED) is 0.669. The molecule has 1 fully saturated rings. The third kappa shape index (κ3) is 1.55. The summed E-state index contributed by atoms with van der Waals surface area (Å²) in [5, 5.41) is 0. The molecule has 1 atom stereocenters. The number of hydrogen-bond acceptors (Lipinski definition) is 1. The minimum atomic E-state index is -4.76. The summed E-state index contributed by atoms with van der Waals surface area (Å²) in [4.78, 5) is 0. The summed E-state index contributed by atoms with van der Waals surface area (Å²) in [6.07, 6.45) is -4.71. The van der Waals surface area contributed by atoms with E-state index in [-0.39, 0.29) is 6.54 Å². The fraction of sp³-hybridized carbons (Fsp3) is 1.00. The van der Waals surface area contributed by atoms with Crippen molar-refractivity contribution in [3.63, 3.8) is 0 Å². The zero-order valence-electron chi connectivity index (χ0n) is 6.49. The second-order valence-electron chi connectivity index (χ2n) is 3.17. The van der Waals surface area contributed by atoms with E-state index < -0.39 is 24.2 Å². The third-order valence-electron chi connectivity index (χ3n) is 2.20. The van der Waals surface area contributed by atoms with Crippen LogP contribution < -0.4 is 5.73 Å². The average molecular weight is 185 g/mol. The summed E-state index contributed by atoms with van der Waals surface area (Å²) in [5.41, 5.74) is 1.91. The van der Waals surface area contributed by atoms with E-state index in [4.69, 9.17) is 5.73 Å². The van der Waals surface area contributed by atoms with Crippen LogP contribution in [0.25, 0.3) is 0 Å². The van der Waals surface area contributed by atoms with Gasteiger partial charge in [-0.1, -0.05) is 0 Å². The van der Waals surface area contributed by atoms with Crippen molar-refractivity contribution < 1.29 is 17.6 Å². The molecule has 0 aromatic rings. The van der Waals surface area contributed by atoms with Gasteiger partial charge in [0.25, 0.3) is 0 Å². The van der Waals surface area contributed by atoms with E-state index in [1.54, 1.807) is 0 Å². The minimum absolute atomic E-state index is 0.257. The van der Waals surface area contributed by atoms with Crippen LogP contribution in [-0.4, -0.2) is 18.4 Å². The lowest BCUT2D eigenvalue weighted by atomic mass is 9.95. The normalized spacial score (nSPS) is 23.8. The number of halogens is 4. The molecule has 1 saturated carbocycles. The molecule has 72 valence electrons. The maximum absolute atomic E-state index is 13.3. The molecule has 1 aliphatic rings. The molecule has 1 nitrogen and oxygen atoms in total. The monoisotopic (exact) mass is 185 g/mol. The third-order valence-corrected chi connectivity index (χ3v) is 2.20. The van der Waals surface area contributed by atoms with Gasteiger partial charge in [-0.3, -0.25) is 0 Å².